The number of fused-ring (bicyclic) bond motifs is 1. The maximum Gasteiger partial charge on any atom is 0.283 e. The molecule has 0 atom stereocenters. The molecule has 1 aromatic carbocycles. The molecule has 1 amide bonds. The summed E-state index contributed by atoms with van der Waals surface area (Å²) in [6.45, 7) is 0. The number of amidine groups is 2. The minimum absolute atomic E-state index is 0.00204. The molecular formula is C18H13N5O2S. The highest BCUT2D eigenvalue weighted by molar-refractivity contribution is 8.27. The summed E-state index contributed by atoms with van der Waals surface area (Å²) < 4.78 is 5.13. The fraction of sp³-hybridized carbons (Fsp3) is 0.0556. The summed E-state index contributed by atoms with van der Waals surface area (Å²) in [5.74, 6) is 0.272. The number of nitrogens with one attached hydrogen (secondary N) is 1. The van der Waals surface area contributed by atoms with Crippen molar-refractivity contribution in [2.75, 3.05) is 7.11 Å². The van der Waals surface area contributed by atoms with Gasteiger partial charge in [-0.15, -0.1) is 0 Å². The van der Waals surface area contributed by atoms with Gasteiger partial charge in [-0.05, 0) is 47.7 Å². The standard InChI is InChI=1S/C18H13N5O2S/c1-25-13-6-4-11(5-7-13)9-14-15(19)23-18(21-16(14)24)26-17(22-23)12-3-2-8-20-10-12/h2-10,19H,1H3. The number of aliphatic imine (C=N–C) groups is 1. The quantitative estimate of drug-likeness (QED) is 0.847. The van der Waals surface area contributed by atoms with Crippen LogP contribution in [0.3, 0.4) is 0 Å². The van der Waals surface area contributed by atoms with Crippen molar-refractivity contribution in [3.63, 3.8) is 0 Å². The van der Waals surface area contributed by atoms with E-state index in [-0.39, 0.29) is 11.4 Å². The molecule has 0 saturated heterocycles. The lowest BCUT2D eigenvalue weighted by atomic mass is 10.1. The molecule has 8 heteroatoms. The number of thioether (sulfide) groups is 1. The van der Waals surface area contributed by atoms with Gasteiger partial charge in [0.15, 0.2) is 5.84 Å². The third-order valence-electron chi connectivity index (χ3n) is 3.79. The normalized spacial score (nSPS) is 17.9. The zero-order chi connectivity index (χ0) is 18.1. The van der Waals surface area contributed by atoms with Gasteiger partial charge in [0, 0.05) is 18.0 Å². The van der Waals surface area contributed by atoms with Crippen molar-refractivity contribution in [2.45, 2.75) is 0 Å². The number of methoxy groups -OCH3 is 1. The summed E-state index contributed by atoms with van der Waals surface area (Å²) >= 11 is 1.25. The maximum absolute atomic E-state index is 12.4. The van der Waals surface area contributed by atoms with E-state index < -0.39 is 5.91 Å². The van der Waals surface area contributed by atoms with Gasteiger partial charge >= 0.3 is 0 Å². The van der Waals surface area contributed by atoms with Gasteiger partial charge in [0.1, 0.15) is 10.8 Å². The molecule has 0 spiro atoms. The second-order valence-electron chi connectivity index (χ2n) is 5.44. The van der Waals surface area contributed by atoms with Gasteiger partial charge in [-0.3, -0.25) is 15.2 Å². The van der Waals surface area contributed by atoms with Gasteiger partial charge in [0.05, 0.1) is 12.7 Å². The molecule has 0 saturated carbocycles. The highest BCUT2D eigenvalue weighted by atomic mass is 32.2. The van der Waals surface area contributed by atoms with Crippen molar-refractivity contribution < 1.29 is 9.53 Å². The van der Waals surface area contributed by atoms with Gasteiger partial charge in [0.2, 0.25) is 5.17 Å². The Hall–Kier alpha value is -3.26. The van der Waals surface area contributed by atoms with E-state index in [1.54, 1.807) is 37.7 Å². The molecule has 4 rings (SSSR count). The molecule has 3 heterocycles. The third-order valence-corrected chi connectivity index (χ3v) is 4.75. The van der Waals surface area contributed by atoms with E-state index in [4.69, 9.17) is 10.1 Å². The van der Waals surface area contributed by atoms with Gasteiger partial charge < -0.3 is 4.74 Å². The molecule has 2 aliphatic rings. The lowest BCUT2D eigenvalue weighted by Crippen LogP contribution is -2.35. The first-order valence-electron chi connectivity index (χ1n) is 7.70. The Labute approximate surface area is 153 Å². The molecule has 7 nitrogen and oxygen atoms in total. The number of hydrogen-bond donors (Lipinski definition) is 1. The topological polar surface area (TPSA) is 91.0 Å². The molecular weight excluding hydrogens is 350 g/mol. The molecule has 2 aromatic rings. The second-order valence-corrected chi connectivity index (χ2v) is 6.40. The van der Waals surface area contributed by atoms with Crippen molar-refractivity contribution in [2.24, 2.45) is 10.1 Å². The van der Waals surface area contributed by atoms with Crippen molar-refractivity contribution in [3.8, 4) is 5.75 Å². The fourth-order valence-corrected chi connectivity index (χ4v) is 3.35. The van der Waals surface area contributed by atoms with Crippen LogP contribution in [0.15, 0.2) is 64.5 Å². The molecule has 0 fully saturated rings. The van der Waals surface area contributed by atoms with E-state index in [9.17, 15) is 4.79 Å². The SMILES string of the molecule is COc1ccc(C=C2C(=N)N3N=C(c4cccnc4)SC3=NC2=O)cc1. The van der Waals surface area contributed by atoms with E-state index in [1.165, 1.54) is 16.8 Å². The van der Waals surface area contributed by atoms with Crippen LogP contribution in [-0.4, -0.2) is 39.1 Å². The molecule has 2 aliphatic heterocycles. The van der Waals surface area contributed by atoms with E-state index in [0.29, 0.717) is 10.2 Å². The largest absolute Gasteiger partial charge is 0.497 e. The number of rotatable bonds is 3. The molecule has 0 unspecified atom stereocenters. The number of hydrazone groups is 1. The summed E-state index contributed by atoms with van der Waals surface area (Å²) in [6.07, 6.45) is 4.99. The number of ether oxygens (including phenoxy) is 1. The number of aromatic nitrogens is 1. The molecule has 0 aliphatic carbocycles. The first kappa shape index (κ1) is 16.2. The first-order chi connectivity index (χ1) is 12.7. The van der Waals surface area contributed by atoms with Crippen LogP contribution in [0.2, 0.25) is 0 Å². The van der Waals surface area contributed by atoms with E-state index >= 15 is 0 Å². The lowest BCUT2D eigenvalue weighted by Gasteiger charge is -2.20. The molecule has 0 bridgehead atoms. The van der Waals surface area contributed by atoms with Crippen LogP contribution in [0.1, 0.15) is 11.1 Å². The van der Waals surface area contributed by atoms with Gasteiger partial charge in [-0.25, -0.2) is 0 Å². The minimum Gasteiger partial charge on any atom is -0.497 e. The van der Waals surface area contributed by atoms with E-state index in [2.05, 4.69) is 15.1 Å². The number of benzene rings is 1. The smallest absolute Gasteiger partial charge is 0.283 e. The van der Waals surface area contributed by atoms with Crippen LogP contribution in [0.4, 0.5) is 0 Å². The van der Waals surface area contributed by atoms with Gasteiger partial charge in [-0.2, -0.15) is 15.1 Å². The number of nitrogens with zero attached hydrogens (tertiary/aromatic N) is 4. The van der Waals surface area contributed by atoms with Gasteiger partial charge in [-0.1, -0.05) is 12.1 Å². The average molecular weight is 363 g/mol. The van der Waals surface area contributed by atoms with Crippen LogP contribution < -0.4 is 4.74 Å². The van der Waals surface area contributed by atoms with Crippen LogP contribution in [0, 0.1) is 5.41 Å². The zero-order valence-corrected chi connectivity index (χ0v) is 14.5. The predicted molar refractivity (Wildman–Crippen MR) is 101 cm³/mol. The number of carbonyl (C=O) groups is 1. The summed E-state index contributed by atoms with van der Waals surface area (Å²) in [5, 5.41) is 15.2. The Balaban J connectivity index is 1.66. The first-order valence-corrected chi connectivity index (χ1v) is 8.52. The van der Waals surface area contributed by atoms with Crippen molar-refractivity contribution >= 4 is 39.8 Å². The second kappa shape index (κ2) is 6.57. The Morgan fingerprint density at radius 1 is 1.23 bits per heavy atom. The van der Waals surface area contributed by atoms with Crippen molar-refractivity contribution in [3.05, 3.63) is 65.5 Å². The highest BCUT2D eigenvalue weighted by Crippen LogP contribution is 2.30. The van der Waals surface area contributed by atoms with Crippen molar-refractivity contribution in [1.82, 2.24) is 9.99 Å². The van der Waals surface area contributed by atoms with Crippen LogP contribution in [0.25, 0.3) is 6.08 Å². The highest BCUT2D eigenvalue weighted by Gasteiger charge is 2.36. The number of amides is 1. The Morgan fingerprint density at radius 3 is 2.73 bits per heavy atom. The van der Waals surface area contributed by atoms with Gasteiger partial charge in [0.25, 0.3) is 5.91 Å². The van der Waals surface area contributed by atoms with E-state index in [0.717, 1.165) is 16.9 Å². The van der Waals surface area contributed by atoms with Crippen LogP contribution in [0.5, 0.6) is 5.75 Å². The summed E-state index contributed by atoms with van der Waals surface area (Å²) in [6, 6.07) is 10.9. The Bertz CT molecular complexity index is 980. The fourth-order valence-electron chi connectivity index (χ4n) is 2.46. The van der Waals surface area contributed by atoms with Crippen LogP contribution in [-0.2, 0) is 4.79 Å². The Kier molecular flexibility index (Phi) is 4.10. The maximum atomic E-state index is 12.4. The monoisotopic (exact) mass is 363 g/mol. The summed E-state index contributed by atoms with van der Waals surface area (Å²) in [5.41, 5.74) is 1.78. The van der Waals surface area contributed by atoms with Crippen LogP contribution >= 0.6 is 11.8 Å². The predicted octanol–water partition coefficient (Wildman–Crippen LogP) is 2.76. The molecule has 1 N–H and O–H groups in total. The van der Waals surface area contributed by atoms with E-state index in [1.807, 2.05) is 24.3 Å². The zero-order valence-electron chi connectivity index (χ0n) is 13.7. The summed E-state index contributed by atoms with van der Waals surface area (Å²) in [7, 11) is 1.59. The summed E-state index contributed by atoms with van der Waals surface area (Å²) in [4.78, 5) is 20.5. The lowest BCUT2D eigenvalue weighted by molar-refractivity contribution is -0.114. The third kappa shape index (κ3) is 2.91. The minimum atomic E-state index is -0.452. The Morgan fingerprint density at radius 2 is 2.04 bits per heavy atom. The molecule has 26 heavy (non-hydrogen) atoms. The molecule has 1 aromatic heterocycles. The molecule has 128 valence electrons. The molecule has 0 radical (unpaired) electrons. The van der Waals surface area contributed by atoms with Crippen molar-refractivity contribution in [1.29, 1.82) is 5.41 Å². The average Bonchev–Trinajstić information content (AvgIpc) is 3.10. The number of pyridine rings is 1. The number of carbonyl (C=O) groups excluding carboxylic acids is 1. The number of hydrogen-bond acceptors (Lipinski definition) is 6.